The van der Waals surface area contributed by atoms with E-state index in [9.17, 15) is 0 Å². The molecule has 2 aliphatic rings. The van der Waals surface area contributed by atoms with Gasteiger partial charge < -0.3 is 0 Å². The number of hydrazine groups is 1. The van der Waals surface area contributed by atoms with E-state index in [2.05, 4.69) is 9.98 Å². The van der Waals surface area contributed by atoms with Gasteiger partial charge in [-0.2, -0.15) is 0 Å². The molecule has 0 aromatic rings. The van der Waals surface area contributed by atoms with Crippen LogP contribution < -0.4 is 0 Å². The molecular formula is C8H10N4. The van der Waals surface area contributed by atoms with Crippen LogP contribution in [-0.4, -0.2) is 35.8 Å². The molecule has 0 saturated heterocycles. The Morgan fingerprint density at radius 3 is 1.67 bits per heavy atom. The standard InChI is InChI=1S/C8H10N4/c1-3-9-7-11(5-1)12-6-2-4-10-8-12/h1-4,7-8H,5-6H2. The highest BCUT2D eigenvalue weighted by atomic mass is 15.6. The maximum atomic E-state index is 4.03. The molecule has 0 bridgehead atoms. The molecule has 0 fully saturated rings. The second-order valence-electron chi connectivity index (χ2n) is 2.54. The van der Waals surface area contributed by atoms with Gasteiger partial charge in [0, 0.05) is 12.4 Å². The molecule has 0 N–H and O–H groups in total. The summed E-state index contributed by atoms with van der Waals surface area (Å²) in [4.78, 5) is 8.05. The van der Waals surface area contributed by atoms with Gasteiger partial charge in [-0.3, -0.25) is 10.0 Å². The van der Waals surface area contributed by atoms with E-state index in [1.165, 1.54) is 0 Å². The molecular weight excluding hydrogens is 152 g/mol. The summed E-state index contributed by atoms with van der Waals surface area (Å²) in [5, 5.41) is 4.01. The first-order chi connectivity index (χ1) is 5.97. The number of rotatable bonds is 1. The largest absolute Gasteiger partial charge is 0.269 e. The van der Waals surface area contributed by atoms with E-state index < -0.39 is 0 Å². The van der Waals surface area contributed by atoms with Crippen LogP contribution in [0.2, 0.25) is 0 Å². The SMILES string of the molecule is C1=CN=CN(N2C=NC=CC2)C1. The Bertz CT molecular complexity index is 236. The molecule has 0 atom stereocenters. The molecule has 4 heteroatoms. The van der Waals surface area contributed by atoms with Gasteiger partial charge >= 0.3 is 0 Å². The summed E-state index contributed by atoms with van der Waals surface area (Å²) < 4.78 is 0. The van der Waals surface area contributed by atoms with E-state index in [1.54, 1.807) is 25.1 Å². The summed E-state index contributed by atoms with van der Waals surface area (Å²) >= 11 is 0. The average molecular weight is 162 g/mol. The van der Waals surface area contributed by atoms with Crippen LogP contribution in [0.1, 0.15) is 0 Å². The van der Waals surface area contributed by atoms with Crippen LogP contribution in [0.15, 0.2) is 34.5 Å². The highest BCUT2D eigenvalue weighted by Gasteiger charge is 2.08. The van der Waals surface area contributed by atoms with Crippen molar-refractivity contribution in [2.75, 3.05) is 13.1 Å². The minimum atomic E-state index is 0.864. The van der Waals surface area contributed by atoms with E-state index in [-0.39, 0.29) is 0 Å². The maximum absolute atomic E-state index is 4.03. The molecule has 0 amide bonds. The van der Waals surface area contributed by atoms with Crippen LogP contribution in [0.4, 0.5) is 0 Å². The first-order valence-corrected chi connectivity index (χ1v) is 3.86. The smallest absolute Gasteiger partial charge is 0.110 e. The Hall–Kier alpha value is -1.58. The van der Waals surface area contributed by atoms with Gasteiger partial charge in [-0.15, -0.1) is 0 Å². The van der Waals surface area contributed by atoms with Crippen molar-refractivity contribution in [1.29, 1.82) is 0 Å². The first kappa shape index (κ1) is 7.09. The van der Waals surface area contributed by atoms with E-state index >= 15 is 0 Å². The lowest BCUT2D eigenvalue weighted by Crippen LogP contribution is -2.42. The van der Waals surface area contributed by atoms with Crippen LogP contribution in [0.3, 0.4) is 0 Å². The highest BCUT2D eigenvalue weighted by molar-refractivity contribution is 5.64. The third kappa shape index (κ3) is 1.37. The number of aliphatic imine (C=N–C) groups is 2. The minimum absolute atomic E-state index is 0.864. The van der Waals surface area contributed by atoms with Crippen molar-refractivity contribution in [3.8, 4) is 0 Å². The van der Waals surface area contributed by atoms with Gasteiger partial charge in [-0.25, -0.2) is 9.98 Å². The lowest BCUT2D eigenvalue weighted by molar-refractivity contribution is 0.175. The van der Waals surface area contributed by atoms with Gasteiger partial charge in [-0.05, 0) is 12.2 Å². The quantitative estimate of drug-likeness (QED) is 0.566. The van der Waals surface area contributed by atoms with Crippen LogP contribution >= 0.6 is 0 Å². The van der Waals surface area contributed by atoms with Gasteiger partial charge in [0.1, 0.15) is 12.7 Å². The zero-order valence-corrected chi connectivity index (χ0v) is 6.67. The molecule has 0 radical (unpaired) electrons. The van der Waals surface area contributed by atoms with Crippen molar-refractivity contribution in [2.45, 2.75) is 0 Å². The molecule has 12 heavy (non-hydrogen) atoms. The molecule has 0 aromatic carbocycles. The summed E-state index contributed by atoms with van der Waals surface area (Å²) in [6.45, 7) is 1.73. The topological polar surface area (TPSA) is 31.2 Å². The second-order valence-corrected chi connectivity index (χ2v) is 2.54. The Kier molecular flexibility index (Phi) is 1.90. The Balaban J connectivity index is 2.01. The zero-order chi connectivity index (χ0) is 8.23. The molecule has 0 aliphatic carbocycles. The summed E-state index contributed by atoms with van der Waals surface area (Å²) in [6.07, 6.45) is 11.2. The summed E-state index contributed by atoms with van der Waals surface area (Å²) in [6, 6.07) is 0. The molecule has 2 aliphatic heterocycles. The first-order valence-electron chi connectivity index (χ1n) is 3.86. The molecule has 0 spiro atoms. The molecule has 0 aromatic heterocycles. The van der Waals surface area contributed by atoms with E-state index in [4.69, 9.17) is 0 Å². The van der Waals surface area contributed by atoms with Crippen molar-refractivity contribution in [3.05, 3.63) is 24.6 Å². The van der Waals surface area contributed by atoms with Crippen LogP contribution in [-0.2, 0) is 0 Å². The van der Waals surface area contributed by atoms with Crippen molar-refractivity contribution in [1.82, 2.24) is 10.0 Å². The fourth-order valence-corrected chi connectivity index (χ4v) is 1.10. The van der Waals surface area contributed by atoms with Crippen LogP contribution in [0, 0.1) is 0 Å². The van der Waals surface area contributed by atoms with Gasteiger partial charge in [-0.1, -0.05) is 0 Å². The van der Waals surface area contributed by atoms with E-state index in [0.717, 1.165) is 13.1 Å². The average Bonchev–Trinajstić information content (AvgIpc) is 2.21. The molecule has 62 valence electrons. The third-order valence-electron chi connectivity index (χ3n) is 1.70. The van der Waals surface area contributed by atoms with Crippen LogP contribution in [0.25, 0.3) is 0 Å². The minimum Gasteiger partial charge on any atom is -0.269 e. The fraction of sp³-hybridized carbons (Fsp3) is 0.250. The zero-order valence-electron chi connectivity index (χ0n) is 6.67. The highest BCUT2D eigenvalue weighted by Crippen LogP contribution is 2.01. The molecule has 4 nitrogen and oxygen atoms in total. The second kappa shape index (κ2) is 3.21. The maximum Gasteiger partial charge on any atom is 0.110 e. The van der Waals surface area contributed by atoms with Crippen LogP contribution in [0.5, 0.6) is 0 Å². The number of nitrogens with zero attached hydrogens (tertiary/aromatic N) is 4. The summed E-state index contributed by atoms with van der Waals surface area (Å²) in [5.74, 6) is 0. The number of hydrogen-bond acceptors (Lipinski definition) is 4. The summed E-state index contributed by atoms with van der Waals surface area (Å²) in [7, 11) is 0. The molecule has 2 rings (SSSR count). The Labute approximate surface area is 71.2 Å². The van der Waals surface area contributed by atoms with Crippen molar-refractivity contribution in [2.24, 2.45) is 9.98 Å². The monoisotopic (exact) mass is 162 g/mol. The predicted molar refractivity (Wildman–Crippen MR) is 48.7 cm³/mol. The predicted octanol–water partition coefficient (Wildman–Crippen LogP) is 0.617. The normalized spacial score (nSPS) is 20.7. The molecule has 2 heterocycles. The van der Waals surface area contributed by atoms with Crippen molar-refractivity contribution < 1.29 is 0 Å². The third-order valence-corrected chi connectivity index (χ3v) is 1.70. The van der Waals surface area contributed by atoms with Crippen molar-refractivity contribution in [3.63, 3.8) is 0 Å². The summed E-state index contributed by atoms with van der Waals surface area (Å²) in [5.41, 5.74) is 0. The van der Waals surface area contributed by atoms with Gasteiger partial charge in [0.05, 0.1) is 13.1 Å². The van der Waals surface area contributed by atoms with E-state index in [1.807, 2.05) is 22.2 Å². The fourth-order valence-electron chi connectivity index (χ4n) is 1.10. The Morgan fingerprint density at radius 2 is 1.33 bits per heavy atom. The van der Waals surface area contributed by atoms with E-state index in [0.29, 0.717) is 0 Å². The van der Waals surface area contributed by atoms with Gasteiger partial charge in [0.25, 0.3) is 0 Å². The lowest BCUT2D eigenvalue weighted by Gasteiger charge is -2.31. The number of hydrogen-bond donors (Lipinski definition) is 0. The Morgan fingerprint density at radius 1 is 0.833 bits per heavy atom. The molecule has 0 saturated carbocycles. The van der Waals surface area contributed by atoms with Crippen molar-refractivity contribution >= 4 is 12.7 Å². The van der Waals surface area contributed by atoms with Gasteiger partial charge in [0.15, 0.2) is 0 Å². The lowest BCUT2D eigenvalue weighted by atomic mass is 10.5. The van der Waals surface area contributed by atoms with Gasteiger partial charge in [0.2, 0.25) is 0 Å². The molecule has 0 unspecified atom stereocenters.